The van der Waals surface area contributed by atoms with Crippen molar-refractivity contribution in [1.29, 1.82) is 0 Å². The maximum absolute atomic E-state index is 13.9. The molecular weight excluding hydrogens is 497 g/mol. The van der Waals surface area contributed by atoms with E-state index in [2.05, 4.69) is 0 Å². The van der Waals surface area contributed by atoms with Crippen molar-refractivity contribution in [2.75, 3.05) is 4.90 Å². The van der Waals surface area contributed by atoms with E-state index in [1.165, 1.54) is 24.3 Å². The summed E-state index contributed by atoms with van der Waals surface area (Å²) in [4.78, 5) is 56.2. The molecule has 2 heterocycles. The second-order valence-electron chi connectivity index (χ2n) is 9.91. The first-order valence-electron chi connectivity index (χ1n) is 12.0. The molecule has 1 spiro atoms. The number of Topliss-reactive ketones (excluding diaryl/α,β-unsaturated/α-hetero) is 2. The Labute approximate surface area is 217 Å². The average molecular weight is 518 g/mol. The van der Waals surface area contributed by atoms with E-state index < -0.39 is 52.7 Å². The summed E-state index contributed by atoms with van der Waals surface area (Å²) in [6.07, 6.45) is -1.02. The zero-order valence-electron chi connectivity index (χ0n) is 19.9. The van der Waals surface area contributed by atoms with Crippen molar-refractivity contribution >= 4 is 40.7 Å². The molecule has 8 heteroatoms. The van der Waals surface area contributed by atoms with Crippen LogP contribution in [-0.2, 0) is 14.3 Å². The minimum absolute atomic E-state index is 0.0651. The van der Waals surface area contributed by atoms with Gasteiger partial charge in [0, 0.05) is 11.1 Å². The third-order valence-electron chi connectivity index (χ3n) is 7.61. The number of hydrogen-bond donors (Lipinski definition) is 0. The van der Waals surface area contributed by atoms with Crippen LogP contribution in [0.4, 0.5) is 10.1 Å². The third-order valence-corrected chi connectivity index (χ3v) is 7.90. The van der Waals surface area contributed by atoms with Crippen LogP contribution in [0.15, 0.2) is 66.7 Å². The van der Waals surface area contributed by atoms with Crippen LogP contribution in [0.25, 0.3) is 0 Å². The third kappa shape index (κ3) is 3.14. The summed E-state index contributed by atoms with van der Waals surface area (Å²) in [5.74, 6) is -5.62. The summed E-state index contributed by atoms with van der Waals surface area (Å²) >= 11 is 5.94. The van der Waals surface area contributed by atoms with Gasteiger partial charge in [-0.1, -0.05) is 74.0 Å². The number of rotatable bonds is 3. The molecule has 0 N–H and O–H groups in total. The number of ether oxygens (including phenoxy) is 1. The topological polar surface area (TPSA) is 80.8 Å². The quantitative estimate of drug-likeness (QED) is 0.348. The number of fused-ring (bicyclic) bond motifs is 3. The molecule has 37 heavy (non-hydrogen) atoms. The number of hydrogen-bond acceptors (Lipinski definition) is 5. The molecule has 1 aliphatic carbocycles. The van der Waals surface area contributed by atoms with Gasteiger partial charge in [-0.05, 0) is 35.2 Å². The number of carbonyl (C=O) groups excluding carboxylic acids is 4. The fourth-order valence-electron chi connectivity index (χ4n) is 5.77. The van der Waals surface area contributed by atoms with Gasteiger partial charge >= 0.3 is 0 Å². The van der Waals surface area contributed by atoms with Crippen LogP contribution < -0.4 is 4.90 Å². The lowest BCUT2D eigenvalue weighted by Crippen LogP contribution is -2.51. The SMILES string of the molecule is CC(C)c1ccc([C@@H]2OC3(C(=O)c4ccccc4C3=O)[C@@H]3C(=O)N(c4ccc(F)c(Cl)c4)C(=O)[C@@H]32)cc1. The Morgan fingerprint density at radius 3 is 2.08 bits per heavy atom. The highest BCUT2D eigenvalue weighted by molar-refractivity contribution is 6.37. The van der Waals surface area contributed by atoms with E-state index in [1.54, 1.807) is 24.3 Å². The highest BCUT2D eigenvalue weighted by Crippen LogP contribution is 2.57. The van der Waals surface area contributed by atoms with Gasteiger partial charge in [-0.3, -0.25) is 19.2 Å². The van der Waals surface area contributed by atoms with Gasteiger partial charge in [-0.15, -0.1) is 0 Å². The summed E-state index contributed by atoms with van der Waals surface area (Å²) < 4.78 is 20.1. The Morgan fingerprint density at radius 1 is 0.892 bits per heavy atom. The number of carbonyl (C=O) groups is 4. The zero-order chi connectivity index (χ0) is 26.2. The van der Waals surface area contributed by atoms with E-state index >= 15 is 0 Å². The fraction of sp³-hybridized carbons (Fsp3) is 0.241. The number of halogens is 2. The maximum Gasteiger partial charge on any atom is 0.241 e. The molecule has 2 aliphatic heterocycles. The lowest BCUT2D eigenvalue weighted by molar-refractivity contribution is -0.127. The van der Waals surface area contributed by atoms with Crippen LogP contribution in [0.1, 0.15) is 57.7 Å². The molecule has 0 bridgehead atoms. The van der Waals surface area contributed by atoms with Gasteiger partial charge in [0.25, 0.3) is 0 Å². The lowest BCUT2D eigenvalue weighted by atomic mass is 9.77. The van der Waals surface area contributed by atoms with Crippen LogP contribution in [-0.4, -0.2) is 29.0 Å². The maximum atomic E-state index is 13.9. The van der Waals surface area contributed by atoms with Gasteiger partial charge in [0.2, 0.25) is 29.0 Å². The smallest absolute Gasteiger partial charge is 0.241 e. The minimum Gasteiger partial charge on any atom is -0.349 e. The first kappa shape index (κ1) is 23.7. The number of anilines is 1. The van der Waals surface area contributed by atoms with Crippen LogP contribution in [0.5, 0.6) is 0 Å². The van der Waals surface area contributed by atoms with Crippen LogP contribution >= 0.6 is 11.6 Å². The molecule has 2 fully saturated rings. The summed E-state index contributed by atoms with van der Waals surface area (Å²) in [5, 5.41) is -0.262. The summed E-state index contributed by atoms with van der Waals surface area (Å²) in [6, 6.07) is 17.2. The van der Waals surface area contributed by atoms with Crippen LogP contribution in [0.3, 0.4) is 0 Å². The first-order valence-corrected chi connectivity index (χ1v) is 12.3. The Morgan fingerprint density at radius 2 is 1.51 bits per heavy atom. The molecule has 0 radical (unpaired) electrons. The summed E-state index contributed by atoms with van der Waals surface area (Å²) in [7, 11) is 0. The van der Waals surface area contributed by atoms with Gasteiger partial charge < -0.3 is 4.74 Å². The van der Waals surface area contributed by atoms with E-state index in [0.717, 1.165) is 16.5 Å². The van der Waals surface area contributed by atoms with Crippen molar-refractivity contribution in [3.8, 4) is 0 Å². The number of benzene rings is 3. The van der Waals surface area contributed by atoms with E-state index in [0.29, 0.717) is 5.56 Å². The van der Waals surface area contributed by atoms with Crippen molar-refractivity contribution in [2.45, 2.75) is 31.5 Å². The zero-order valence-corrected chi connectivity index (χ0v) is 20.7. The van der Waals surface area contributed by atoms with Crippen LogP contribution in [0, 0.1) is 17.7 Å². The Kier molecular flexibility index (Phi) is 5.23. The predicted molar refractivity (Wildman–Crippen MR) is 133 cm³/mol. The molecule has 0 saturated carbocycles. The Balaban J connectivity index is 1.52. The van der Waals surface area contributed by atoms with E-state index in [9.17, 15) is 23.6 Å². The monoisotopic (exact) mass is 517 g/mol. The molecule has 3 aliphatic rings. The Hall–Kier alpha value is -3.68. The summed E-state index contributed by atoms with van der Waals surface area (Å²) in [5.41, 5.74) is -0.148. The van der Waals surface area contributed by atoms with E-state index in [1.807, 2.05) is 26.0 Å². The molecule has 2 amide bonds. The summed E-state index contributed by atoms with van der Waals surface area (Å²) in [6.45, 7) is 4.09. The highest BCUT2D eigenvalue weighted by Gasteiger charge is 2.74. The lowest BCUT2D eigenvalue weighted by Gasteiger charge is -2.27. The normalized spacial score (nSPS) is 23.9. The number of nitrogens with zero attached hydrogens (tertiary/aromatic N) is 1. The fourth-order valence-corrected chi connectivity index (χ4v) is 5.94. The van der Waals surface area contributed by atoms with E-state index in [-0.39, 0.29) is 27.8 Å². The Bertz CT molecular complexity index is 1480. The molecular formula is C29H21ClFNO5. The van der Waals surface area contributed by atoms with Crippen LogP contribution in [0.2, 0.25) is 5.02 Å². The van der Waals surface area contributed by atoms with Crippen molar-refractivity contribution in [1.82, 2.24) is 0 Å². The molecule has 3 aromatic carbocycles. The largest absolute Gasteiger partial charge is 0.349 e. The molecule has 3 aromatic rings. The first-order chi connectivity index (χ1) is 17.7. The second kappa shape index (κ2) is 8.16. The second-order valence-corrected chi connectivity index (χ2v) is 10.3. The number of ketones is 2. The van der Waals surface area contributed by atoms with Crippen molar-refractivity contribution < 1.29 is 28.3 Å². The highest BCUT2D eigenvalue weighted by atomic mass is 35.5. The van der Waals surface area contributed by atoms with Gasteiger partial charge in [0.15, 0.2) is 0 Å². The predicted octanol–water partition coefficient (Wildman–Crippen LogP) is 5.30. The van der Waals surface area contributed by atoms with Gasteiger partial charge in [0.1, 0.15) is 5.82 Å². The number of amides is 2. The van der Waals surface area contributed by atoms with Gasteiger partial charge in [-0.25, -0.2) is 9.29 Å². The molecule has 186 valence electrons. The molecule has 6 nitrogen and oxygen atoms in total. The molecule has 0 aromatic heterocycles. The van der Waals surface area contributed by atoms with Gasteiger partial charge in [0.05, 0.1) is 28.6 Å². The van der Waals surface area contributed by atoms with Gasteiger partial charge in [-0.2, -0.15) is 0 Å². The average Bonchev–Trinajstić information content (AvgIpc) is 3.46. The molecule has 6 rings (SSSR count). The van der Waals surface area contributed by atoms with Crippen molar-refractivity contribution in [3.63, 3.8) is 0 Å². The minimum atomic E-state index is -2.17. The van der Waals surface area contributed by atoms with Crippen molar-refractivity contribution in [3.05, 3.63) is 99.8 Å². The molecule has 3 atom stereocenters. The molecule has 2 saturated heterocycles. The van der Waals surface area contributed by atoms with E-state index in [4.69, 9.17) is 16.3 Å². The standard InChI is InChI=1S/C29H21ClFNO5/c1-14(2)15-7-9-16(10-8-15)24-22-23(28(36)32(27(22)35)17-11-12-21(31)20(30)13-17)29(37-24)25(33)18-5-3-4-6-19(18)26(29)34/h3-14,22-24H,1-2H3/t22-,23-,24-/m0/s1. The molecule has 0 unspecified atom stereocenters. The van der Waals surface area contributed by atoms with Crippen molar-refractivity contribution in [2.24, 2.45) is 11.8 Å². The number of imide groups is 1.